The number of carbonyl (C=O) groups is 3. The number of hydrogen-bond acceptors (Lipinski definition) is 3. The third-order valence-electron chi connectivity index (χ3n) is 6.38. The summed E-state index contributed by atoms with van der Waals surface area (Å²) in [6.07, 6.45) is 3.00. The van der Waals surface area contributed by atoms with E-state index in [-0.39, 0.29) is 24.4 Å². The molecule has 162 valence electrons. The van der Waals surface area contributed by atoms with Crippen molar-refractivity contribution in [3.05, 3.63) is 71.8 Å². The molecule has 4 amide bonds. The van der Waals surface area contributed by atoms with Crippen LogP contribution in [-0.2, 0) is 9.59 Å². The monoisotopic (exact) mass is 421 g/mol. The topological polar surface area (TPSA) is 95.1 Å². The molecule has 2 fully saturated rings. The second-order valence-corrected chi connectivity index (χ2v) is 8.61. The number of carbonyl (C=O) groups excluding carboxylic acids is 3. The molecule has 4 rings (SSSR count). The van der Waals surface area contributed by atoms with E-state index in [1.54, 1.807) is 0 Å². The summed E-state index contributed by atoms with van der Waals surface area (Å²) in [5, 5.41) is 5.60. The third-order valence-corrected chi connectivity index (χ3v) is 6.38. The van der Waals surface area contributed by atoms with Crippen molar-refractivity contribution < 1.29 is 19.7 Å². The number of nitrogens with one attached hydrogen (secondary N) is 2. The average Bonchev–Trinajstić information content (AvgIpc) is 3.01. The molecule has 1 heterocycles. The van der Waals surface area contributed by atoms with Crippen molar-refractivity contribution >= 4 is 17.8 Å². The highest BCUT2D eigenvalue weighted by atomic mass is 16.2. The molecular formula is C24H29N4O3+. The van der Waals surface area contributed by atoms with Crippen molar-refractivity contribution in [2.45, 2.75) is 44.2 Å². The van der Waals surface area contributed by atoms with Crippen LogP contribution in [0, 0.1) is 5.92 Å². The summed E-state index contributed by atoms with van der Waals surface area (Å²) in [5.41, 5.74) is 3.81. The number of nitrogens with two attached hydrogens (primary N) is 1. The molecule has 0 aromatic heterocycles. The first-order chi connectivity index (χ1) is 15.0. The van der Waals surface area contributed by atoms with E-state index in [0.29, 0.717) is 18.8 Å². The van der Waals surface area contributed by atoms with Crippen LogP contribution in [0.2, 0.25) is 0 Å². The smallest absolute Gasteiger partial charge is 0.328 e. The van der Waals surface area contributed by atoms with Crippen LogP contribution < -0.4 is 16.1 Å². The maximum Gasteiger partial charge on any atom is 0.344 e. The van der Waals surface area contributed by atoms with Gasteiger partial charge in [-0.25, -0.2) is 4.79 Å². The van der Waals surface area contributed by atoms with E-state index < -0.39 is 11.6 Å². The molecule has 7 heteroatoms. The van der Waals surface area contributed by atoms with Gasteiger partial charge < -0.3 is 10.6 Å². The van der Waals surface area contributed by atoms with Gasteiger partial charge in [0.25, 0.3) is 11.8 Å². The zero-order valence-corrected chi connectivity index (χ0v) is 17.7. The summed E-state index contributed by atoms with van der Waals surface area (Å²) in [6.45, 7) is 2.23. The van der Waals surface area contributed by atoms with Crippen molar-refractivity contribution in [3.8, 4) is 0 Å². The highest BCUT2D eigenvalue weighted by molar-refractivity contribution is 6.08. The average molecular weight is 422 g/mol. The molecule has 1 aliphatic heterocycles. The SMILES string of the molecule is CC1CCC2(CC1)NC(=O)N(NC(=O)C[NH2+]C(c1ccccc1)c1ccccc1)C2=O. The van der Waals surface area contributed by atoms with Gasteiger partial charge in [0.15, 0.2) is 6.54 Å². The van der Waals surface area contributed by atoms with Crippen LogP contribution in [0.1, 0.15) is 49.8 Å². The van der Waals surface area contributed by atoms with E-state index in [0.717, 1.165) is 29.0 Å². The van der Waals surface area contributed by atoms with Gasteiger partial charge in [0.05, 0.1) is 0 Å². The first-order valence-electron chi connectivity index (χ1n) is 10.9. The summed E-state index contributed by atoms with van der Waals surface area (Å²) in [4.78, 5) is 38.0. The number of rotatable bonds is 6. The van der Waals surface area contributed by atoms with Gasteiger partial charge >= 0.3 is 6.03 Å². The predicted molar refractivity (Wildman–Crippen MR) is 115 cm³/mol. The predicted octanol–water partition coefficient (Wildman–Crippen LogP) is 1.87. The van der Waals surface area contributed by atoms with Crippen molar-refractivity contribution in [3.63, 3.8) is 0 Å². The number of urea groups is 1. The number of hydrazine groups is 1. The lowest BCUT2D eigenvalue weighted by Crippen LogP contribution is -2.88. The van der Waals surface area contributed by atoms with Crippen LogP contribution in [0.5, 0.6) is 0 Å². The number of hydrogen-bond donors (Lipinski definition) is 3. The fraction of sp³-hybridized carbons (Fsp3) is 0.375. The summed E-state index contributed by atoms with van der Waals surface area (Å²) < 4.78 is 0. The van der Waals surface area contributed by atoms with E-state index in [1.807, 2.05) is 66.0 Å². The zero-order chi connectivity index (χ0) is 21.8. The number of amides is 4. The Kier molecular flexibility index (Phi) is 6.04. The van der Waals surface area contributed by atoms with E-state index >= 15 is 0 Å². The van der Waals surface area contributed by atoms with Crippen LogP contribution in [0.15, 0.2) is 60.7 Å². The highest BCUT2D eigenvalue weighted by Gasteiger charge is 2.52. The zero-order valence-electron chi connectivity index (χ0n) is 17.7. The molecule has 2 aromatic carbocycles. The van der Waals surface area contributed by atoms with Gasteiger partial charge in [-0.1, -0.05) is 67.6 Å². The first kappa shape index (κ1) is 21.1. The number of quaternary nitrogens is 1. The first-order valence-corrected chi connectivity index (χ1v) is 10.9. The van der Waals surface area contributed by atoms with Crippen molar-refractivity contribution in [1.82, 2.24) is 15.8 Å². The Balaban J connectivity index is 1.41. The minimum atomic E-state index is -0.864. The van der Waals surface area contributed by atoms with E-state index in [2.05, 4.69) is 17.7 Å². The molecule has 0 radical (unpaired) electrons. The molecule has 1 spiro atoms. The van der Waals surface area contributed by atoms with Crippen LogP contribution in [0.4, 0.5) is 4.79 Å². The van der Waals surface area contributed by atoms with Crippen molar-refractivity contribution in [2.75, 3.05) is 6.54 Å². The van der Waals surface area contributed by atoms with Gasteiger partial charge in [0.1, 0.15) is 11.6 Å². The molecule has 1 saturated carbocycles. The Bertz CT molecular complexity index is 900. The summed E-state index contributed by atoms with van der Waals surface area (Å²) in [6, 6.07) is 19.3. The summed E-state index contributed by atoms with van der Waals surface area (Å²) in [7, 11) is 0. The van der Waals surface area contributed by atoms with Gasteiger partial charge in [0, 0.05) is 11.1 Å². The quantitative estimate of drug-likeness (QED) is 0.622. The van der Waals surface area contributed by atoms with Gasteiger partial charge in [-0.05, 0) is 31.6 Å². The normalized spacial score (nSPS) is 23.3. The second kappa shape index (κ2) is 8.89. The lowest BCUT2D eigenvalue weighted by Gasteiger charge is -2.33. The Morgan fingerprint density at radius 3 is 2.16 bits per heavy atom. The minimum Gasteiger partial charge on any atom is -0.328 e. The summed E-state index contributed by atoms with van der Waals surface area (Å²) >= 11 is 0. The van der Waals surface area contributed by atoms with E-state index in [9.17, 15) is 14.4 Å². The molecular weight excluding hydrogens is 392 g/mol. The fourth-order valence-electron chi connectivity index (χ4n) is 4.50. The molecule has 0 bridgehead atoms. The van der Waals surface area contributed by atoms with Gasteiger partial charge in [-0.3, -0.25) is 15.0 Å². The maximum atomic E-state index is 12.9. The number of nitrogens with zero attached hydrogens (tertiary/aromatic N) is 1. The second-order valence-electron chi connectivity index (χ2n) is 8.61. The Morgan fingerprint density at radius 1 is 1.06 bits per heavy atom. The minimum absolute atomic E-state index is 0.0672. The maximum absolute atomic E-state index is 12.9. The number of benzene rings is 2. The molecule has 7 nitrogen and oxygen atoms in total. The van der Waals surface area contributed by atoms with Crippen molar-refractivity contribution in [1.29, 1.82) is 0 Å². The Labute approximate surface area is 182 Å². The fourth-order valence-corrected chi connectivity index (χ4v) is 4.50. The summed E-state index contributed by atoms with van der Waals surface area (Å²) in [5.74, 6) is -0.191. The Morgan fingerprint density at radius 2 is 1.61 bits per heavy atom. The molecule has 31 heavy (non-hydrogen) atoms. The van der Waals surface area contributed by atoms with E-state index in [1.165, 1.54) is 0 Å². The van der Waals surface area contributed by atoms with Gasteiger partial charge in [-0.2, -0.15) is 5.01 Å². The van der Waals surface area contributed by atoms with Crippen LogP contribution >= 0.6 is 0 Å². The van der Waals surface area contributed by atoms with Crippen LogP contribution in [0.25, 0.3) is 0 Å². The Hall–Kier alpha value is -3.19. The van der Waals surface area contributed by atoms with Crippen LogP contribution in [-0.4, -0.2) is 34.9 Å². The molecule has 2 aromatic rings. The van der Waals surface area contributed by atoms with E-state index in [4.69, 9.17) is 0 Å². The third kappa shape index (κ3) is 4.46. The molecule has 0 unspecified atom stereocenters. The largest absolute Gasteiger partial charge is 0.344 e. The molecule has 0 atom stereocenters. The lowest BCUT2D eigenvalue weighted by molar-refractivity contribution is -0.676. The number of imide groups is 1. The van der Waals surface area contributed by atoms with Crippen LogP contribution in [0.3, 0.4) is 0 Å². The standard InChI is InChI=1S/C24H28N4O3/c1-17-12-14-24(15-13-17)22(30)28(23(31)26-24)27-20(29)16-25-21(18-8-4-2-5-9-18)19-10-6-3-7-11-19/h2-11,17,21,25H,12-16H2,1H3,(H,26,31)(H,27,29)/p+1. The molecule has 2 aliphatic rings. The van der Waals surface area contributed by atoms with Gasteiger partial charge in [-0.15, -0.1) is 0 Å². The molecule has 1 aliphatic carbocycles. The molecule has 1 saturated heterocycles. The molecule has 4 N–H and O–H groups in total. The highest BCUT2D eigenvalue weighted by Crippen LogP contribution is 2.35. The van der Waals surface area contributed by atoms with Gasteiger partial charge in [0.2, 0.25) is 0 Å². The lowest BCUT2D eigenvalue weighted by atomic mass is 9.77. The van der Waals surface area contributed by atoms with Crippen molar-refractivity contribution in [2.24, 2.45) is 5.92 Å².